The fourth-order valence-corrected chi connectivity index (χ4v) is 2.95. The van der Waals surface area contributed by atoms with E-state index in [0.717, 1.165) is 22.5 Å². The first kappa shape index (κ1) is 14.7. The van der Waals surface area contributed by atoms with E-state index in [4.69, 9.17) is 34.8 Å². The van der Waals surface area contributed by atoms with Crippen molar-refractivity contribution in [1.29, 1.82) is 0 Å². The molecule has 0 aliphatic heterocycles. The molecule has 0 unspecified atom stereocenters. The molecule has 0 aliphatic carbocycles. The molecule has 2 aromatic carbocycles. The summed E-state index contributed by atoms with van der Waals surface area (Å²) in [5.41, 5.74) is 5.17. The van der Waals surface area contributed by atoms with E-state index < -0.39 is 0 Å². The van der Waals surface area contributed by atoms with Gasteiger partial charge in [0.15, 0.2) is 0 Å². The second-order valence-corrected chi connectivity index (χ2v) is 6.05. The summed E-state index contributed by atoms with van der Waals surface area (Å²) in [7, 11) is 0. The van der Waals surface area contributed by atoms with Gasteiger partial charge in [-0.05, 0) is 43.2 Å². The zero-order valence-electron chi connectivity index (χ0n) is 11.6. The highest BCUT2D eigenvalue weighted by Gasteiger charge is 2.15. The molecule has 0 amide bonds. The smallest absolute Gasteiger partial charge is 0.129 e. The molecule has 0 spiro atoms. The van der Waals surface area contributed by atoms with E-state index in [9.17, 15) is 0 Å². The van der Waals surface area contributed by atoms with Gasteiger partial charge in [-0.1, -0.05) is 35.3 Å². The lowest BCUT2D eigenvalue weighted by Gasteiger charge is -2.13. The number of rotatable bonds is 2. The van der Waals surface area contributed by atoms with Crippen molar-refractivity contribution in [1.82, 2.24) is 9.55 Å². The predicted octanol–water partition coefficient (Wildman–Crippen LogP) is 5.69. The minimum Gasteiger partial charge on any atom is -0.295 e. The number of fused-ring (bicyclic) bond motifs is 1. The summed E-state index contributed by atoms with van der Waals surface area (Å²) in [6.07, 6.45) is 0. The van der Waals surface area contributed by atoms with Crippen molar-refractivity contribution in [2.45, 2.75) is 19.7 Å². The third kappa shape index (κ3) is 2.42. The van der Waals surface area contributed by atoms with Crippen LogP contribution in [-0.2, 0) is 5.88 Å². The van der Waals surface area contributed by atoms with Crippen molar-refractivity contribution in [3.8, 4) is 5.69 Å². The summed E-state index contributed by atoms with van der Waals surface area (Å²) in [6, 6.07) is 9.78. The van der Waals surface area contributed by atoms with Crippen LogP contribution in [0, 0.1) is 13.8 Å². The minimum absolute atomic E-state index is 0.317. The average Bonchev–Trinajstić information content (AvgIpc) is 2.80. The van der Waals surface area contributed by atoms with Gasteiger partial charge < -0.3 is 0 Å². The van der Waals surface area contributed by atoms with Gasteiger partial charge in [-0.25, -0.2) is 4.98 Å². The number of aryl methyl sites for hydroxylation is 1. The second kappa shape index (κ2) is 5.53. The van der Waals surface area contributed by atoms with Gasteiger partial charge in [-0.15, -0.1) is 11.6 Å². The van der Waals surface area contributed by atoms with Gasteiger partial charge in [-0.2, -0.15) is 0 Å². The van der Waals surface area contributed by atoms with Crippen molar-refractivity contribution in [3.63, 3.8) is 0 Å². The number of halogens is 3. The highest BCUT2D eigenvalue weighted by molar-refractivity contribution is 6.42. The first-order valence-corrected chi connectivity index (χ1v) is 7.81. The number of hydrogen-bond donors (Lipinski definition) is 0. The zero-order chi connectivity index (χ0) is 15.1. The lowest BCUT2D eigenvalue weighted by Crippen LogP contribution is -2.02. The largest absolute Gasteiger partial charge is 0.295 e. The molecule has 0 aliphatic rings. The molecule has 1 heterocycles. The van der Waals surface area contributed by atoms with Crippen LogP contribution in [0.25, 0.3) is 16.7 Å². The van der Waals surface area contributed by atoms with Crippen LogP contribution in [0.2, 0.25) is 10.0 Å². The van der Waals surface area contributed by atoms with Gasteiger partial charge >= 0.3 is 0 Å². The van der Waals surface area contributed by atoms with Crippen LogP contribution in [0.5, 0.6) is 0 Å². The Kier molecular flexibility index (Phi) is 3.87. The Balaban J connectivity index is 2.40. The number of aromatic nitrogens is 2. The van der Waals surface area contributed by atoms with E-state index in [0.29, 0.717) is 15.9 Å². The summed E-state index contributed by atoms with van der Waals surface area (Å²) in [5.74, 6) is 1.09. The Labute approximate surface area is 138 Å². The van der Waals surface area contributed by atoms with Gasteiger partial charge in [0.25, 0.3) is 0 Å². The van der Waals surface area contributed by atoms with Gasteiger partial charge in [0.1, 0.15) is 5.82 Å². The van der Waals surface area contributed by atoms with Crippen LogP contribution in [-0.4, -0.2) is 9.55 Å². The Morgan fingerprint density at radius 2 is 1.81 bits per heavy atom. The molecule has 0 bridgehead atoms. The molecule has 0 fully saturated rings. The van der Waals surface area contributed by atoms with Crippen LogP contribution in [0.1, 0.15) is 17.0 Å². The maximum absolute atomic E-state index is 6.16. The van der Waals surface area contributed by atoms with Gasteiger partial charge in [-0.3, -0.25) is 4.57 Å². The topological polar surface area (TPSA) is 17.8 Å². The standard InChI is InChI=1S/C16H13Cl3N2/c1-9-4-3-5-14(10(9)2)21-15-7-12(19)11(18)6-13(15)20-16(21)8-17/h3-7H,8H2,1-2H3. The van der Waals surface area contributed by atoms with E-state index in [1.165, 1.54) is 11.1 Å². The van der Waals surface area contributed by atoms with E-state index in [2.05, 4.69) is 31.0 Å². The summed E-state index contributed by atoms with van der Waals surface area (Å²) in [6.45, 7) is 4.17. The number of benzene rings is 2. The lowest BCUT2D eigenvalue weighted by molar-refractivity contribution is 0.969. The highest BCUT2D eigenvalue weighted by Crippen LogP contribution is 2.31. The van der Waals surface area contributed by atoms with Crippen molar-refractivity contribution in [2.24, 2.45) is 0 Å². The Bertz CT molecular complexity index is 837. The van der Waals surface area contributed by atoms with Crippen LogP contribution < -0.4 is 0 Å². The number of alkyl halides is 1. The monoisotopic (exact) mass is 338 g/mol. The fourth-order valence-electron chi connectivity index (χ4n) is 2.46. The molecule has 0 atom stereocenters. The molecular formula is C16H13Cl3N2. The van der Waals surface area contributed by atoms with Crippen LogP contribution in [0.4, 0.5) is 0 Å². The number of imidazole rings is 1. The molecule has 2 nitrogen and oxygen atoms in total. The van der Waals surface area contributed by atoms with Crippen LogP contribution in [0.15, 0.2) is 30.3 Å². The van der Waals surface area contributed by atoms with Crippen molar-refractivity contribution in [3.05, 3.63) is 57.3 Å². The van der Waals surface area contributed by atoms with Gasteiger partial charge in [0.05, 0.1) is 32.6 Å². The maximum Gasteiger partial charge on any atom is 0.129 e. The minimum atomic E-state index is 0.317. The molecular weight excluding hydrogens is 327 g/mol. The highest BCUT2D eigenvalue weighted by atomic mass is 35.5. The molecule has 0 saturated heterocycles. The summed E-state index contributed by atoms with van der Waals surface area (Å²) >= 11 is 18.3. The van der Waals surface area contributed by atoms with Crippen molar-refractivity contribution in [2.75, 3.05) is 0 Å². The molecule has 3 rings (SSSR count). The van der Waals surface area contributed by atoms with Crippen LogP contribution in [0.3, 0.4) is 0 Å². The fraction of sp³-hybridized carbons (Fsp3) is 0.188. The molecule has 0 radical (unpaired) electrons. The molecule has 5 heteroatoms. The Hall–Kier alpha value is -1.22. The molecule has 1 aromatic heterocycles. The third-order valence-corrected chi connectivity index (χ3v) is 4.66. The van der Waals surface area contributed by atoms with Crippen molar-refractivity contribution < 1.29 is 0 Å². The predicted molar refractivity (Wildman–Crippen MR) is 90.1 cm³/mol. The maximum atomic E-state index is 6.16. The molecule has 3 aromatic rings. The first-order valence-electron chi connectivity index (χ1n) is 6.52. The SMILES string of the molecule is Cc1cccc(-n2c(CCl)nc3cc(Cl)c(Cl)cc32)c1C. The van der Waals surface area contributed by atoms with E-state index >= 15 is 0 Å². The van der Waals surface area contributed by atoms with Crippen LogP contribution >= 0.6 is 34.8 Å². The molecule has 0 saturated carbocycles. The summed E-state index contributed by atoms with van der Waals surface area (Å²) in [4.78, 5) is 4.57. The molecule has 108 valence electrons. The normalized spacial score (nSPS) is 11.3. The first-order chi connectivity index (χ1) is 10.0. The third-order valence-electron chi connectivity index (χ3n) is 3.70. The summed E-state index contributed by atoms with van der Waals surface area (Å²) < 4.78 is 2.05. The lowest BCUT2D eigenvalue weighted by atomic mass is 10.1. The average molecular weight is 340 g/mol. The quantitative estimate of drug-likeness (QED) is 0.549. The van der Waals surface area contributed by atoms with E-state index in [1.807, 2.05) is 16.7 Å². The Morgan fingerprint density at radius 1 is 1.10 bits per heavy atom. The number of hydrogen-bond acceptors (Lipinski definition) is 1. The summed E-state index contributed by atoms with van der Waals surface area (Å²) in [5, 5.41) is 1.01. The van der Waals surface area contributed by atoms with Gasteiger partial charge in [0.2, 0.25) is 0 Å². The number of nitrogens with zero attached hydrogens (tertiary/aromatic N) is 2. The van der Waals surface area contributed by atoms with Crippen molar-refractivity contribution >= 4 is 45.8 Å². The molecule has 21 heavy (non-hydrogen) atoms. The Morgan fingerprint density at radius 3 is 2.52 bits per heavy atom. The molecule has 0 N–H and O–H groups in total. The second-order valence-electron chi connectivity index (χ2n) is 4.97. The van der Waals surface area contributed by atoms with Gasteiger partial charge in [0, 0.05) is 0 Å². The van der Waals surface area contributed by atoms with E-state index in [-0.39, 0.29) is 0 Å². The zero-order valence-corrected chi connectivity index (χ0v) is 13.9. The van der Waals surface area contributed by atoms with E-state index in [1.54, 1.807) is 6.07 Å².